The molecule has 17 heavy (non-hydrogen) atoms. The molecule has 0 fully saturated rings. The Morgan fingerprint density at radius 2 is 2.00 bits per heavy atom. The third-order valence-electron chi connectivity index (χ3n) is 1.82. The van der Waals surface area contributed by atoms with Crippen LogP contribution in [0, 0.1) is 0 Å². The first-order valence-corrected chi connectivity index (χ1v) is 6.84. The maximum Gasteiger partial charge on any atom is 0.307 e. The third kappa shape index (κ3) is 5.99. The molecule has 1 aromatic rings. The molecule has 0 saturated carbocycles. The molecule has 4 heteroatoms. The van der Waals surface area contributed by atoms with Crippen molar-refractivity contribution in [2.45, 2.75) is 37.7 Å². The minimum absolute atomic E-state index is 0.169. The number of hydrogen-bond donors (Lipinski definition) is 0. The van der Waals surface area contributed by atoms with Crippen molar-refractivity contribution in [1.29, 1.82) is 0 Å². The number of rotatable bonds is 4. The Bertz CT molecular complexity index is 385. The van der Waals surface area contributed by atoms with Crippen LogP contribution in [0.2, 0.25) is 5.02 Å². The molecule has 0 N–H and O–H groups in total. The molecule has 0 spiro atoms. The van der Waals surface area contributed by atoms with E-state index in [1.165, 1.54) is 0 Å². The lowest BCUT2D eigenvalue weighted by Crippen LogP contribution is -2.23. The van der Waals surface area contributed by atoms with Crippen LogP contribution in [0.1, 0.15) is 27.2 Å². The van der Waals surface area contributed by atoms with Crippen molar-refractivity contribution in [3.63, 3.8) is 0 Å². The van der Waals surface area contributed by atoms with Gasteiger partial charge in [-0.2, -0.15) is 0 Å². The Kier molecular flexibility index (Phi) is 5.34. The fourth-order valence-electron chi connectivity index (χ4n) is 1.20. The summed E-state index contributed by atoms with van der Waals surface area (Å²) in [7, 11) is 0. The van der Waals surface area contributed by atoms with Crippen LogP contribution in [-0.4, -0.2) is 17.3 Å². The van der Waals surface area contributed by atoms with E-state index in [0.29, 0.717) is 12.2 Å². The van der Waals surface area contributed by atoms with Crippen molar-refractivity contribution in [3.8, 4) is 0 Å². The number of halogens is 1. The molecule has 0 heterocycles. The van der Waals surface area contributed by atoms with Gasteiger partial charge in [0.05, 0.1) is 11.4 Å². The van der Waals surface area contributed by atoms with E-state index < -0.39 is 5.60 Å². The predicted octanol–water partition coefficient (Wildman–Crippen LogP) is 4.16. The van der Waals surface area contributed by atoms with Crippen molar-refractivity contribution in [1.82, 2.24) is 0 Å². The quantitative estimate of drug-likeness (QED) is 0.608. The molecule has 0 radical (unpaired) electrons. The zero-order chi connectivity index (χ0) is 12.9. The topological polar surface area (TPSA) is 26.3 Å². The van der Waals surface area contributed by atoms with Crippen LogP contribution in [0.15, 0.2) is 29.2 Å². The largest absolute Gasteiger partial charge is 0.460 e. The van der Waals surface area contributed by atoms with Gasteiger partial charge in [-0.25, -0.2) is 0 Å². The number of esters is 1. The van der Waals surface area contributed by atoms with Crippen molar-refractivity contribution >= 4 is 29.3 Å². The first-order valence-electron chi connectivity index (χ1n) is 5.48. The van der Waals surface area contributed by atoms with Crippen LogP contribution in [0.4, 0.5) is 0 Å². The average Bonchev–Trinajstić information content (AvgIpc) is 2.18. The zero-order valence-corrected chi connectivity index (χ0v) is 11.9. The summed E-state index contributed by atoms with van der Waals surface area (Å²) in [6, 6.07) is 7.61. The number of benzene rings is 1. The molecule has 2 nitrogen and oxygen atoms in total. The van der Waals surface area contributed by atoms with E-state index in [0.717, 1.165) is 9.92 Å². The van der Waals surface area contributed by atoms with Gasteiger partial charge in [-0.3, -0.25) is 4.79 Å². The molecule has 0 saturated heterocycles. The van der Waals surface area contributed by atoms with E-state index in [-0.39, 0.29) is 5.97 Å². The molecule has 0 unspecified atom stereocenters. The van der Waals surface area contributed by atoms with E-state index in [2.05, 4.69) is 0 Å². The summed E-state index contributed by atoms with van der Waals surface area (Å²) in [5, 5.41) is 0.724. The molecular weight excluding hydrogens is 256 g/mol. The molecule has 0 bridgehead atoms. The van der Waals surface area contributed by atoms with Crippen LogP contribution in [0.5, 0.6) is 0 Å². The summed E-state index contributed by atoms with van der Waals surface area (Å²) < 4.78 is 5.22. The number of ether oxygens (including phenoxy) is 1. The standard InChI is InChI=1S/C13H17ClO2S/c1-13(2,3)16-12(15)8-9-17-11-7-5-4-6-10(11)14/h4-7H,8-9H2,1-3H3. The Morgan fingerprint density at radius 1 is 1.35 bits per heavy atom. The third-order valence-corrected chi connectivity index (χ3v) is 3.34. The van der Waals surface area contributed by atoms with Gasteiger partial charge in [0.2, 0.25) is 0 Å². The van der Waals surface area contributed by atoms with Gasteiger partial charge in [0.15, 0.2) is 0 Å². The van der Waals surface area contributed by atoms with Crippen LogP contribution in [0.25, 0.3) is 0 Å². The molecule has 0 aliphatic carbocycles. The number of carbonyl (C=O) groups excluding carboxylic acids is 1. The highest BCUT2D eigenvalue weighted by Crippen LogP contribution is 2.27. The van der Waals surface area contributed by atoms with Crippen molar-refractivity contribution in [2.75, 3.05) is 5.75 Å². The lowest BCUT2D eigenvalue weighted by molar-refractivity contribution is -0.154. The van der Waals surface area contributed by atoms with Gasteiger partial charge in [0, 0.05) is 10.6 Å². The van der Waals surface area contributed by atoms with Gasteiger partial charge in [0.25, 0.3) is 0 Å². The van der Waals surface area contributed by atoms with Gasteiger partial charge in [-0.15, -0.1) is 11.8 Å². The summed E-state index contributed by atoms with van der Waals surface area (Å²) in [5.74, 6) is 0.510. The molecule has 0 atom stereocenters. The maximum atomic E-state index is 11.5. The minimum Gasteiger partial charge on any atom is -0.460 e. The average molecular weight is 273 g/mol. The van der Waals surface area contributed by atoms with Gasteiger partial charge >= 0.3 is 5.97 Å². The van der Waals surface area contributed by atoms with E-state index in [1.54, 1.807) is 11.8 Å². The maximum absolute atomic E-state index is 11.5. The summed E-state index contributed by atoms with van der Waals surface area (Å²) in [6.45, 7) is 5.60. The first-order chi connectivity index (χ1) is 7.88. The normalized spacial score (nSPS) is 11.3. The molecule has 94 valence electrons. The monoisotopic (exact) mass is 272 g/mol. The predicted molar refractivity (Wildman–Crippen MR) is 72.6 cm³/mol. The lowest BCUT2D eigenvalue weighted by atomic mass is 10.2. The van der Waals surface area contributed by atoms with Crippen molar-refractivity contribution in [3.05, 3.63) is 29.3 Å². The van der Waals surface area contributed by atoms with Gasteiger partial charge in [0.1, 0.15) is 5.60 Å². The Balaban J connectivity index is 2.34. The van der Waals surface area contributed by atoms with Crippen molar-refractivity contribution in [2.24, 2.45) is 0 Å². The van der Waals surface area contributed by atoms with Gasteiger partial charge in [-0.05, 0) is 32.9 Å². The van der Waals surface area contributed by atoms with Crippen LogP contribution < -0.4 is 0 Å². The van der Waals surface area contributed by atoms with Crippen LogP contribution >= 0.6 is 23.4 Å². The number of hydrogen-bond acceptors (Lipinski definition) is 3. The molecule has 1 rings (SSSR count). The minimum atomic E-state index is -0.411. The number of thioether (sulfide) groups is 1. The number of carbonyl (C=O) groups is 1. The molecule has 0 aromatic heterocycles. The Morgan fingerprint density at radius 3 is 2.59 bits per heavy atom. The highest BCUT2D eigenvalue weighted by atomic mass is 35.5. The van der Waals surface area contributed by atoms with E-state index in [1.807, 2.05) is 45.0 Å². The second kappa shape index (κ2) is 6.31. The fourth-order valence-corrected chi connectivity index (χ4v) is 2.37. The van der Waals surface area contributed by atoms with E-state index >= 15 is 0 Å². The summed E-state index contributed by atoms with van der Waals surface area (Å²) in [5.41, 5.74) is -0.411. The highest BCUT2D eigenvalue weighted by molar-refractivity contribution is 7.99. The zero-order valence-electron chi connectivity index (χ0n) is 10.3. The van der Waals surface area contributed by atoms with Gasteiger partial charge < -0.3 is 4.74 Å². The summed E-state index contributed by atoms with van der Waals surface area (Å²) >= 11 is 7.58. The molecule has 0 aliphatic heterocycles. The fraction of sp³-hybridized carbons (Fsp3) is 0.462. The summed E-state index contributed by atoms with van der Waals surface area (Å²) in [6.07, 6.45) is 0.396. The smallest absolute Gasteiger partial charge is 0.307 e. The second-order valence-corrected chi connectivity index (χ2v) is 6.16. The second-order valence-electron chi connectivity index (χ2n) is 4.62. The van der Waals surface area contributed by atoms with Gasteiger partial charge in [-0.1, -0.05) is 23.7 Å². The molecule has 0 aliphatic rings. The highest BCUT2D eigenvalue weighted by Gasteiger charge is 2.15. The van der Waals surface area contributed by atoms with E-state index in [4.69, 9.17) is 16.3 Å². The SMILES string of the molecule is CC(C)(C)OC(=O)CCSc1ccccc1Cl. The van der Waals surface area contributed by atoms with Crippen LogP contribution in [0.3, 0.4) is 0 Å². The Labute approximate surface area is 112 Å². The molecule has 1 aromatic carbocycles. The lowest BCUT2D eigenvalue weighted by Gasteiger charge is -2.19. The van der Waals surface area contributed by atoms with Crippen LogP contribution in [-0.2, 0) is 9.53 Å². The molecule has 0 amide bonds. The van der Waals surface area contributed by atoms with E-state index in [9.17, 15) is 4.79 Å². The summed E-state index contributed by atoms with van der Waals surface area (Å²) in [4.78, 5) is 12.5. The Hall–Kier alpha value is -0.670. The molecular formula is C13H17ClO2S. The van der Waals surface area contributed by atoms with Crippen molar-refractivity contribution < 1.29 is 9.53 Å². The first kappa shape index (κ1) is 14.4.